The van der Waals surface area contributed by atoms with Gasteiger partial charge in [0.05, 0.1) is 22.3 Å². The minimum Gasteiger partial charge on any atom is -0.506 e. The van der Waals surface area contributed by atoms with Crippen LogP contribution in [0.4, 0.5) is 0 Å². The van der Waals surface area contributed by atoms with Crippen LogP contribution in [-0.4, -0.2) is 36.1 Å². The number of rotatable bonds is 6. The molecule has 2 aromatic rings. The lowest BCUT2D eigenvalue weighted by atomic mass is 10.2. The quantitative estimate of drug-likeness (QED) is 0.372. The second kappa shape index (κ2) is 9.24. The molecule has 0 heterocycles. The summed E-state index contributed by atoms with van der Waals surface area (Å²) in [6.07, 6.45) is 1.24. The molecule has 2 aromatic carbocycles. The van der Waals surface area contributed by atoms with E-state index in [1.165, 1.54) is 12.3 Å². The zero-order valence-electron chi connectivity index (χ0n) is 13.3. The van der Waals surface area contributed by atoms with Gasteiger partial charge in [-0.15, -0.1) is 0 Å². The number of benzene rings is 2. The number of halogens is 3. The van der Waals surface area contributed by atoms with Gasteiger partial charge in [0.2, 0.25) is 0 Å². The summed E-state index contributed by atoms with van der Waals surface area (Å²) in [5.41, 5.74) is 2.58. The third-order valence-corrected chi connectivity index (χ3v) is 5.06. The molecule has 138 valence electrons. The van der Waals surface area contributed by atoms with Crippen LogP contribution in [0.25, 0.3) is 0 Å². The van der Waals surface area contributed by atoms with E-state index in [-0.39, 0.29) is 22.6 Å². The van der Waals surface area contributed by atoms with Crippen molar-refractivity contribution in [3.8, 4) is 23.0 Å². The zero-order chi connectivity index (χ0) is 19.3. The summed E-state index contributed by atoms with van der Waals surface area (Å²) < 4.78 is 11.6. The summed E-state index contributed by atoms with van der Waals surface area (Å²) in [6.45, 7) is -0.253. The van der Waals surface area contributed by atoms with E-state index < -0.39 is 5.91 Å². The first-order valence-electron chi connectivity index (χ1n) is 7.01. The standard InChI is InChI=1S/C16H13Br3N2O5/c1-25-9-2-3-12(10(17)5-9)26-7-13(22)21-20-6-8-4-11(18)16(24)14(19)15(8)23/h2-6,23-24H,7H2,1H3,(H,21,22). The van der Waals surface area contributed by atoms with Crippen LogP contribution in [0.2, 0.25) is 0 Å². The number of hydrazone groups is 1. The maximum Gasteiger partial charge on any atom is 0.277 e. The normalized spacial score (nSPS) is 10.8. The van der Waals surface area contributed by atoms with E-state index in [1.54, 1.807) is 25.3 Å². The molecular formula is C16H13Br3N2O5. The SMILES string of the molecule is COc1ccc(OCC(=O)NN=Cc2cc(Br)c(O)c(Br)c2O)c(Br)c1. The van der Waals surface area contributed by atoms with Crippen molar-refractivity contribution in [3.05, 3.63) is 43.2 Å². The van der Waals surface area contributed by atoms with Crippen LogP contribution in [0.5, 0.6) is 23.0 Å². The molecule has 7 nitrogen and oxygen atoms in total. The molecule has 0 aliphatic heterocycles. The van der Waals surface area contributed by atoms with Gasteiger partial charge in [0.25, 0.3) is 5.91 Å². The van der Waals surface area contributed by atoms with E-state index in [0.717, 1.165) is 0 Å². The smallest absolute Gasteiger partial charge is 0.277 e. The third kappa shape index (κ3) is 5.12. The first-order valence-corrected chi connectivity index (χ1v) is 9.39. The number of nitrogens with zero attached hydrogens (tertiary/aromatic N) is 1. The molecule has 0 aliphatic carbocycles. The molecule has 3 N–H and O–H groups in total. The second-order valence-corrected chi connectivity index (χ2v) is 7.34. The fraction of sp³-hybridized carbons (Fsp3) is 0.125. The van der Waals surface area contributed by atoms with Gasteiger partial charge in [-0.05, 0) is 72.1 Å². The first-order chi connectivity index (χ1) is 12.3. The summed E-state index contributed by atoms with van der Waals surface area (Å²) in [5.74, 6) is 0.308. The molecule has 0 radical (unpaired) electrons. The molecule has 0 unspecified atom stereocenters. The minimum absolute atomic E-state index is 0.118. The van der Waals surface area contributed by atoms with Crippen molar-refractivity contribution in [3.63, 3.8) is 0 Å². The molecule has 0 bridgehead atoms. The lowest BCUT2D eigenvalue weighted by molar-refractivity contribution is -0.123. The Bertz CT molecular complexity index is 858. The van der Waals surface area contributed by atoms with Crippen molar-refractivity contribution in [2.45, 2.75) is 0 Å². The predicted octanol–water partition coefficient (Wildman–Crippen LogP) is 3.92. The van der Waals surface area contributed by atoms with Crippen molar-refractivity contribution < 1.29 is 24.5 Å². The number of phenols is 2. The van der Waals surface area contributed by atoms with Crippen LogP contribution in [-0.2, 0) is 4.79 Å². The van der Waals surface area contributed by atoms with E-state index in [2.05, 4.69) is 58.3 Å². The number of amides is 1. The van der Waals surface area contributed by atoms with Gasteiger partial charge in [-0.1, -0.05) is 0 Å². The van der Waals surface area contributed by atoms with Crippen molar-refractivity contribution in [2.75, 3.05) is 13.7 Å². The van der Waals surface area contributed by atoms with E-state index in [4.69, 9.17) is 9.47 Å². The molecule has 0 spiro atoms. The van der Waals surface area contributed by atoms with Gasteiger partial charge in [-0.2, -0.15) is 5.10 Å². The van der Waals surface area contributed by atoms with Crippen molar-refractivity contribution in [2.24, 2.45) is 5.10 Å². The Balaban J connectivity index is 1.94. The largest absolute Gasteiger partial charge is 0.506 e. The van der Waals surface area contributed by atoms with E-state index in [1.807, 2.05) is 0 Å². The second-order valence-electron chi connectivity index (χ2n) is 4.84. The summed E-state index contributed by atoms with van der Waals surface area (Å²) in [4.78, 5) is 11.8. The molecule has 0 saturated heterocycles. The highest BCUT2D eigenvalue weighted by atomic mass is 79.9. The number of hydrogen-bond donors (Lipinski definition) is 3. The van der Waals surface area contributed by atoms with E-state index >= 15 is 0 Å². The van der Waals surface area contributed by atoms with Gasteiger partial charge >= 0.3 is 0 Å². The number of ether oxygens (including phenoxy) is 2. The lowest BCUT2D eigenvalue weighted by Gasteiger charge is -2.09. The fourth-order valence-corrected chi connectivity index (χ4v) is 3.42. The highest BCUT2D eigenvalue weighted by molar-refractivity contribution is 9.11. The monoisotopic (exact) mass is 550 g/mol. The number of carbonyl (C=O) groups excluding carboxylic acids is 1. The van der Waals surface area contributed by atoms with Crippen molar-refractivity contribution in [1.29, 1.82) is 0 Å². The van der Waals surface area contributed by atoms with Crippen LogP contribution in [0.15, 0.2) is 42.8 Å². The number of methoxy groups -OCH3 is 1. The average molecular weight is 553 g/mol. The van der Waals surface area contributed by atoms with Crippen LogP contribution >= 0.6 is 47.8 Å². The third-order valence-electron chi connectivity index (χ3n) is 3.09. The van der Waals surface area contributed by atoms with Crippen molar-refractivity contribution >= 4 is 59.9 Å². The predicted molar refractivity (Wildman–Crippen MR) is 107 cm³/mol. The van der Waals surface area contributed by atoms with Gasteiger partial charge in [0.15, 0.2) is 6.61 Å². The van der Waals surface area contributed by atoms with E-state index in [0.29, 0.717) is 26.0 Å². The van der Waals surface area contributed by atoms with E-state index in [9.17, 15) is 15.0 Å². The minimum atomic E-state index is -0.486. The molecule has 26 heavy (non-hydrogen) atoms. The average Bonchev–Trinajstić information content (AvgIpc) is 2.63. The summed E-state index contributed by atoms with van der Waals surface area (Å²) >= 11 is 9.53. The summed E-state index contributed by atoms with van der Waals surface area (Å²) in [6, 6.07) is 6.55. The van der Waals surface area contributed by atoms with Gasteiger partial charge < -0.3 is 19.7 Å². The van der Waals surface area contributed by atoms with Crippen LogP contribution in [0.3, 0.4) is 0 Å². The van der Waals surface area contributed by atoms with Crippen LogP contribution in [0.1, 0.15) is 5.56 Å². The maximum atomic E-state index is 11.8. The number of nitrogens with one attached hydrogen (secondary N) is 1. The summed E-state index contributed by atoms with van der Waals surface area (Å²) in [5, 5.41) is 23.3. The first kappa shape index (κ1) is 20.5. The molecule has 0 saturated carbocycles. The topological polar surface area (TPSA) is 100 Å². The van der Waals surface area contributed by atoms with Crippen LogP contribution in [0, 0.1) is 0 Å². The Morgan fingerprint density at radius 3 is 2.58 bits per heavy atom. The summed E-state index contributed by atoms with van der Waals surface area (Å²) in [7, 11) is 1.55. The lowest BCUT2D eigenvalue weighted by Crippen LogP contribution is -2.24. The highest BCUT2D eigenvalue weighted by Gasteiger charge is 2.13. The number of carbonyl (C=O) groups is 1. The van der Waals surface area contributed by atoms with Gasteiger partial charge in [0.1, 0.15) is 27.5 Å². The Morgan fingerprint density at radius 2 is 1.92 bits per heavy atom. The molecule has 2 rings (SSSR count). The molecule has 0 aliphatic rings. The van der Waals surface area contributed by atoms with Gasteiger partial charge in [-0.3, -0.25) is 4.79 Å². The van der Waals surface area contributed by atoms with Crippen LogP contribution < -0.4 is 14.9 Å². The highest BCUT2D eigenvalue weighted by Crippen LogP contribution is 2.40. The molecule has 1 amide bonds. The molecule has 0 aromatic heterocycles. The zero-order valence-corrected chi connectivity index (χ0v) is 18.1. The molecule has 0 atom stereocenters. The maximum absolute atomic E-state index is 11.8. The molecule has 0 fully saturated rings. The number of hydrogen-bond acceptors (Lipinski definition) is 6. The number of aromatic hydroxyl groups is 2. The fourth-order valence-electron chi connectivity index (χ4n) is 1.79. The molecular weight excluding hydrogens is 540 g/mol. The van der Waals surface area contributed by atoms with Crippen molar-refractivity contribution in [1.82, 2.24) is 5.43 Å². The Morgan fingerprint density at radius 1 is 1.19 bits per heavy atom. The number of phenolic OH excluding ortho intramolecular Hbond substituents is 2. The Hall–Kier alpha value is -1.78. The Kier molecular flexibility index (Phi) is 7.30. The molecule has 10 heteroatoms. The van der Waals surface area contributed by atoms with Gasteiger partial charge in [-0.25, -0.2) is 5.43 Å². The van der Waals surface area contributed by atoms with Gasteiger partial charge in [0, 0.05) is 5.56 Å². The Labute approximate surface area is 174 Å².